The SMILES string of the molecule is CN1C(=O)N(C[C@H](C(=O)OC(C)(C)C)[C@@H](CC2CCCC2)C(=O)N2CCCCC2)C(=O)C1(C)C. The minimum absolute atomic E-state index is 0.0332. The molecule has 3 rings (SSSR count). The number of amides is 4. The van der Waals surface area contributed by atoms with Crippen molar-refractivity contribution in [3.8, 4) is 0 Å². The molecule has 0 aromatic carbocycles. The molecule has 0 spiro atoms. The first-order valence-electron chi connectivity index (χ1n) is 12.9. The second-order valence-corrected chi connectivity index (χ2v) is 11.8. The number of urea groups is 1. The van der Waals surface area contributed by atoms with E-state index in [-0.39, 0.29) is 18.4 Å². The zero-order valence-electron chi connectivity index (χ0n) is 21.9. The number of likely N-dealkylation sites (N-methyl/N-ethyl adjacent to an activating group) is 1. The molecular weight excluding hydrogens is 434 g/mol. The van der Waals surface area contributed by atoms with Crippen molar-refractivity contribution in [3.63, 3.8) is 0 Å². The number of esters is 1. The maximum Gasteiger partial charge on any atom is 0.327 e. The number of carbonyl (C=O) groups excluding carboxylic acids is 4. The molecule has 2 heterocycles. The summed E-state index contributed by atoms with van der Waals surface area (Å²) >= 11 is 0. The molecule has 3 fully saturated rings. The molecule has 2 aliphatic heterocycles. The lowest BCUT2D eigenvalue weighted by atomic mass is 9.81. The van der Waals surface area contributed by atoms with Gasteiger partial charge in [0, 0.05) is 26.7 Å². The molecule has 8 nitrogen and oxygen atoms in total. The summed E-state index contributed by atoms with van der Waals surface area (Å²) in [5.41, 5.74) is -1.73. The van der Waals surface area contributed by atoms with Gasteiger partial charge in [-0.2, -0.15) is 0 Å². The van der Waals surface area contributed by atoms with Gasteiger partial charge in [-0.1, -0.05) is 25.7 Å². The zero-order chi connectivity index (χ0) is 25.3. The Morgan fingerprint density at radius 3 is 2.09 bits per heavy atom. The van der Waals surface area contributed by atoms with Crippen LogP contribution in [0.1, 0.15) is 86.0 Å². The molecular formula is C26H43N3O5. The minimum Gasteiger partial charge on any atom is -0.460 e. The summed E-state index contributed by atoms with van der Waals surface area (Å²) in [7, 11) is 1.59. The molecule has 0 N–H and O–H groups in total. The number of carbonyl (C=O) groups is 4. The van der Waals surface area contributed by atoms with E-state index in [1.165, 1.54) is 4.90 Å². The Bertz CT molecular complexity index is 791. The number of ether oxygens (including phenoxy) is 1. The van der Waals surface area contributed by atoms with Crippen LogP contribution in [0.15, 0.2) is 0 Å². The van der Waals surface area contributed by atoms with Crippen molar-refractivity contribution in [2.45, 2.75) is 97.1 Å². The fraction of sp³-hybridized carbons (Fsp3) is 0.846. The van der Waals surface area contributed by atoms with Gasteiger partial charge < -0.3 is 14.5 Å². The third kappa shape index (κ3) is 5.74. The van der Waals surface area contributed by atoms with Crippen molar-refractivity contribution in [2.75, 3.05) is 26.7 Å². The third-order valence-corrected chi connectivity index (χ3v) is 7.75. The van der Waals surface area contributed by atoms with E-state index in [0.717, 1.165) is 49.8 Å². The van der Waals surface area contributed by atoms with Gasteiger partial charge in [0.05, 0.1) is 11.8 Å². The lowest BCUT2D eigenvalue weighted by Gasteiger charge is -2.36. The molecule has 0 radical (unpaired) electrons. The molecule has 0 aromatic heterocycles. The molecule has 1 aliphatic carbocycles. The Balaban J connectivity index is 1.95. The second-order valence-electron chi connectivity index (χ2n) is 11.8. The quantitative estimate of drug-likeness (QED) is 0.411. The number of hydrogen-bond acceptors (Lipinski definition) is 5. The Kier molecular flexibility index (Phi) is 7.98. The molecule has 34 heavy (non-hydrogen) atoms. The molecule has 8 heteroatoms. The summed E-state index contributed by atoms with van der Waals surface area (Å²) < 4.78 is 5.77. The van der Waals surface area contributed by atoms with Gasteiger partial charge in [-0.3, -0.25) is 19.3 Å². The van der Waals surface area contributed by atoms with Gasteiger partial charge in [-0.15, -0.1) is 0 Å². The van der Waals surface area contributed by atoms with Gasteiger partial charge in [-0.05, 0) is 66.2 Å². The second kappa shape index (κ2) is 10.2. The summed E-state index contributed by atoms with van der Waals surface area (Å²) in [5, 5.41) is 0. The fourth-order valence-electron chi connectivity index (χ4n) is 5.47. The molecule has 192 valence electrons. The highest BCUT2D eigenvalue weighted by atomic mass is 16.6. The van der Waals surface area contributed by atoms with Gasteiger partial charge in [0.15, 0.2) is 0 Å². The van der Waals surface area contributed by atoms with Crippen molar-refractivity contribution in [2.24, 2.45) is 17.8 Å². The van der Waals surface area contributed by atoms with Gasteiger partial charge in [0.1, 0.15) is 11.1 Å². The number of hydrogen-bond donors (Lipinski definition) is 0. The van der Waals surface area contributed by atoms with Crippen LogP contribution in [0.25, 0.3) is 0 Å². The standard InChI is InChI=1S/C26H43N3O5/c1-25(2,3)34-22(31)20(17-29-23(32)26(4,5)27(6)24(29)33)19(16-18-12-8-9-13-18)21(30)28-14-10-7-11-15-28/h18-20H,7-17H2,1-6H3/t19-,20+/m1/s1. The maximum atomic E-state index is 13.8. The van der Waals surface area contributed by atoms with Crippen LogP contribution < -0.4 is 0 Å². The maximum absolute atomic E-state index is 13.8. The van der Waals surface area contributed by atoms with E-state index in [1.807, 2.05) is 4.90 Å². The predicted octanol–water partition coefficient (Wildman–Crippen LogP) is 3.83. The Labute approximate surface area is 204 Å². The average molecular weight is 478 g/mol. The fourth-order valence-corrected chi connectivity index (χ4v) is 5.47. The number of piperidine rings is 1. The van der Waals surface area contributed by atoms with Crippen molar-refractivity contribution in [1.29, 1.82) is 0 Å². The summed E-state index contributed by atoms with van der Waals surface area (Å²) in [6, 6.07) is -0.436. The average Bonchev–Trinajstić information content (AvgIpc) is 3.33. The van der Waals surface area contributed by atoms with Crippen LogP contribution in [0.5, 0.6) is 0 Å². The van der Waals surface area contributed by atoms with E-state index < -0.39 is 35.0 Å². The molecule has 0 aromatic rings. The highest BCUT2D eigenvalue weighted by molar-refractivity contribution is 6.06. The molecule has 2 atom stereocenters. The van der Waals surface area contributed by atoms with Gasteiger partial charge in [0.25, 0.3) is 5.91 Å². The molecule has 1 saturated carbocycles. The largest absolute Gasteiger partial charge is 0.460 e. The molecule has 3 aliphatic rings. The monoisotopic (exact) mass is 477 g/mol. The number of nitrogens with zero attached hydrogens (tertiary/aromatic N) is 3. The Hall–Kier alpha value is -2.12. The van der Waals surface area contributed by atoms with Crippen molar-refractivity contribution < 1.29 is 23.9 Å². The van der Waals surface area contributed by atoms with E-state index >= 15 is 0 Å². The van der Waals surface area contributed by atoms with E-state index in [0.29, 0.717) is 25.4 Å². The molecule has 0 unspecified atom stereocenters. The van der Waals surface area contributed by atoms with Gasteiger partial charge in [0.2, 0.25) is 5.91 Å². The molecule has 2 saturated heterocycles. The minimum atomic E-state index is -0.993. The first-order chi connectivity index (χ1) is 15.8. The zero-order valence-corrected chi connectivity index (χ0v) is 21.9. The molecule has 0 bridgehead atoms. The smallest absolute Gasteiger partial charge is 0.327 e. The van der Waals surface area contributed by atoms with Crippen LogP contribution in [0, 0.1) is 17.8 Å². The first-order valence-corrected chi connectivity index (χ1v) is 12.9. The number of likely N-dealkylation sites (tertiary alicyclic amines) is 1. The van der Waals surface area contributed by atoms with Crippen molar-refractivity contribution >= 4 is 23.8 Å². The van der Waals surface area contributed by atoms with E-state index in [2.05, 4.69) is 0 Å². The Morgan fingerprint density at radius 2 is 1.59 bits per heavy atom. The third-order valence-electron chi connectivity index (χ3n) is 7.75. The molecule has 4 amide bonds. The van der Waals surface area contributed by atoms with E-state index in [1.54, 1.807) is 41.7 Å². The predicted molar refractivity (Wildman–Crippen MR) is 129 cm³/mol. The van der Waals surface area contributed by atoms with Crippen LogP contribution in [-0.4, -0.2) is 76.3 Å². The van der Waals surface area contributed by atoms with Crippen LogP contribution >= 0.6 is 0 Å². The van der Waals surface area contributed by atoms with Crippen molar-refractivity contribution in [1.82, 2.24) is 14.7 Å². The summed E-state index contributed by atoms with van der Waals surface area (Å²) in [6.07, 6.45) is 7.97. The highest BCUT2D eigenvalue weighted by Crippen LogP contribution is 2.36. The van der Waals surface area contributed by atoms with Crippen LogP contribution in [0.2, 0.25) is 0 Å². The van der Waals surface area contributed by atoms with Crippen LogP contribution in [0.3, 0.4) is 0 Å². The summed E-state index contributed by atoms with van der Waals surface area (Å²) in [6.45, 7) is 10.0. The highest BCUT2D eigenvalue weighted by Gasteiger charge is 2.52. The number of rotatable bonds is 7. The van der Waals surface area contributed by atoms with Gasteiger partial charge >= 0.3 is 12.0 Å². The van der Waals surface area contributed by atoms with Crippen LogP contribution in [0.4, 0.5) is 4.79 Å². The van der Waals surface area contributed by atoms with E-state index in [9.17, 15) is 19.2 Å². The first kappa shape index (κ1) is 26.5. The van der Waals surface area contributed by atoms with E-state index in [4.69, 9.17) is 4.74 Å². The van der Waals surface area contributed by atoms with Crippen LogP contribution in [-0.2, 0) is 19.1 Å². The van der Waals surface area contributed by atoms with Gasteiger partial charge in [-0.25, -0.2) is 4.79 Å². The normalized spacial score (nSPS) is 23.4. The number of imide groups is 1. The van der Waals surface area contributed by atoms with Crippen molar-refractivity contribution in [3.05, 3.63) is 0 Å². The lowest BCUT2D eigenvalue weighted by molar-refractivity contribution is -0.166. The summed E-state index contributed by atoms with van der Waals surface area (Å²) in [4.78, 5) is 58.0. The lowest BCUT2D eigenvalue weighted by Crippen LogP contribution is -2.49. The topological polar surface area (TPSA) is 87.2 Å². The Morgan fingerprint density at radius 1 is 1.00 bits per heavy atom. The summed E-state index contributed by atoms with van der Waals surface area (Å²) in [5.74, 6) is -2.01.